The fourth-order valence-electron chi connectivity index (χ4n) is 0.872. The zero-order chi connectivity index (χ0) is 12.8. The molecule has 1 atom stereocenters. The molecule has 3 nitrogen and oxygen atoms in total. The minimum atomic E-state index is -0.0568. The van der Waals surface area contributed by atoms with Crippen molar-refractivity contribution in [2.45, 2.75) is 46.9 Å². The Morgan fingerprint density at radius 1 is 1.44 bits per heavy atom. The molecule has 1 N–H and O–H groups in total. The average molecular weight is 268 g/mol. The summed E-state index contributed by atoms with van der Waals surface area (Å²) < 4.78 is 6.86. The minimum absolute atomic E-state index is 0. The number of hydrogen-bond donors (Lipinski definition) is 1. The molecule has 98 valence electrons. The molecule has 0 saturated carbocycles. The maximum atomic E-state index is 11.1. The van der Waals surface area contributed by atoms with Gasteiger partial charge in [-0.1, -0.05) is 22.8 Å². The van der Waals surface area contributed by atoms with Crippen LogP contribution in [0.15, 0.2) is 0 Å². The van der Waals surface area contributed by atoms with Crippen molar-refractivity contribution in [2.24, 2.45) is 0 Å². The van der Waals surface area contributed by atoms with E-state index in [1.54, 1.807) is 11.4 Å². The van der Waals surface area contributed by atoms with Gasteiger partial charge in [0.15, 0.2) is 0 Å². The zero-order valence-electron chi connectivity index (χ0n) is 10.5. The van der Waals surface area contributed by atoms with Crippen LogP contribution < -0.4 is 5.32 Å². The molecule has 0 aromatic heterocycles. The van der Waals surface area contributed by atoms with Crippen LogP contribution in [0.3, 0.4) is 0 Å². The summed E-state index contributed by atoms with van der Waals surface area (Å²) in [4.78, 5) is 21.5. The molecule has 0 aliphatic heterocycles. The molecule has 5 heteroatoms. The first-order chi connectivity index (χ1) is 7.58. The zero-order valence-corrected chi connectivity index (χ0v) is 11.5. The lowest BCUT2D eigenvalue weighted by molar-refractivity contribution is -0.120. The van der Waals surface area contributed by atoms with Crippen LogP contribution in [-0.2, 0) is 9.59 Å². The van der Waals surface area contributed by atoms with Gasteiger partial charge in [0.1, 0.15) is 5.78 Å². The highest BCUT2D eigenvalue weighted by Crippen LogP contribution is 1.99. The minimum Gasteiger partial charge on any atom is -0.356 e. The Morgan fingerprint density at radius 2 is 2.00 bits per heavy atom. The van der Waals surface area contributed by atoms with Crippen LogP contribution in [0.25, 0.3) is 0 Å². The van der Waals surface area contributed by atoms with Gasteiger partial charge in [-0.2, -0.15) is 0 Å². The van der Waals surface area contributed by atoms with Gasteiger partial charge in [-0.05, 0) is 19.1 Å². The third kappa shape index (κ3) is 23.6. The van der Waals surface area contributed by atoms with Gasteiger partial charge >= 0.3 is 0 Å². The first-order valence-electron chi connectivity index (χ1n) is 5.57. The van der Waals surface area contributed by atoms with Gasteiger partial charge < -0.3 is 5.32 Å². The lowest BCUT2D eigenvalue weighted by Gasteiger charge is -2.00. The van der Waals surface area contributed by atoms with Crippen LogP contribution in [0.2, 0.25) is 0 Å². The fourth-order valence-corrected chi connectivity index (χ4v) is 0.872. The molecule has 0 aromatic carbocycles. The molecule has 1 unspecified atom stereocenters. The van der Waals surface area contributed by atoms with E-state index in [0.717, 1.165) is 0 Å². The lowest BCUT2D eigenvalue weighted by Crippen LogP contribution is -2.21. The Labute approximate surface area is 108 Å². The molecule has 0 radical (unpaired) electrons. The second kappa shape index (κ2) is 17.3. The van der Waals surface area contributed by atoms with Crippen LogP contribution in [0.1, 0.15) is 48.3 Å². The van der Waals surface area contributed by atoms with Crippen molar-refractivity contribution < 1.29 is 11.0 Å². The number of carbonyl (C=O) groups excluding carboxylic acids is 2. The summed E-state index contributed by atoms with van der Waals surface area (Å²) >= 11 is 1.67. The van der Waals surface area contributed by atoms with E-state index in [4.69, 9.17) is 1.37 Å². The maximum Gasteiger partial charge on any atom is 0.216 e. The molecular weight excluding hydrogens is 241 g/mol. The van der Waals surface area contributed by atoms with E-state index in [1.165, 1.54) is 6.92 Å². The van der Waals surface area contributed by atoms with Gasteiger partial charge in [0.05, 0.1) is 0 Å². The van der Waals surface area contributed by atoms with Gasteiger partial charge in [-0.3, -0.25) is 9.59 Å². The molecule has 1 amide bonds. The maximum absolute atomic E-state index is 11.1. The van der Waals surface area contributed by atoms with E-state index in [0.29, 0.717) is 39.1 Å². The third-order valence-electron chi connectivity index (χ3n) is 1.46. The molecule has 0 rings (SSSR count). The molecule has 0 bridgehead atoms. The molecule has 0 heterocycles. The molecule has 0 spiro atoms. The highest BCUT2D eigenvalue weighted by molar-refractivity contribution is 8.43. The molecule has 0 fully saturated rings. The number of hydrogen-bond acceptors (Lipinski definition) is 3. The monoisotopic (exact) mass is 268 g/mol. The second-order valence-electron chi connectivity index (χ2n) is 2.96. The predicted molar refractivity (Wildman–Crippen MR) is 77.8 cm³/mol. The average Bonchev–Trinajstić information content (AvgIpc) is 2.22. The van der Waals surface area contributed by atoms with Crippen molar-refractivity contribution in [1.29, 1.82) is 0 Å². The van der Waals surface area contributed by atoms with E-state index >= 15 is 0 Å². The number of amides is 1. The number of Topliss-reactive ketones (excluding diaryl/α,β-unsaturated/α-hetero) is 1. The van der Waals surface area contributed by atoms with Gasteiger partial charge in [0, 0.05) is 27.7 Å². The van der Waals surface area contributed by atoms with E-state index in [-0.39, 0.29) is 19.1 Å². The van der Waals surface area contributed by atoms with Crippen LogP contribution in [0.4, 0.5) is 0 Å². The molecule has 0 aliphatic rings. The molecule has 0 aromatic rings. The molecule has 0 saturated heterocycles. The van der Waals surface area contributed by atoms with Crippen LogP contribution in [0.5, 0.6) is 0 Å². The molecule has 16 heavy (non-hydrogen) atoms. The van der Waals surface area contributed by atoms with Gasteiger partial charge in [-0.15, -0.1) is 11.4 Å². The Hall–Kier alpha value is -0.0800. The second-order valence-corrected chi connectivity index (χ2v) is 4.85. The first kappa shape index (κ1) is 18.3. The third-order valence-corrected chi connectivity index (χ3v) is 1.46. The van der Waals surface area contributed by atoms with Crippen molar-refractivity contribution in [3.63, 3.8) is 0 Å². The van der Waals surface area contributed by atoms with E-state index in [1.807, 2.05) is 6.26 Å². The Bertz CT molecular complexity index is 194. The topological polar surface area (TPSA) is 46.2 Å². The normalized spacial score (nSPS) is 9.06. The SMILES string of the molecule is C.CSP.[2H]CCCC(=O)CCCNC(C)=O. The summed E-state index contributed by atoms with van der Waals surface area (Å²) in [6, 6.07) is 0. The Kier molecular flexibility index (Phi) is 19.8. The van der Waals surface area contributed by atoms with Crippen LogP contribution in [-0.4, -0.2) is 24.5 Å². The standard InChI is InChI=1S/C9H17NO2.CH5PS.CH4/c1-3-5-9(12)6-4-7-10-8(2)11;1-3-2;/h3-7H2,1-2H3,(H,10,11);2H2,1H3;1H4/i1D;;. The number of rotatable bonds is 6. The number of carbonyl (C=O) groups is 2. The van der Waals surface area contributed by atoms with E-state index in [2.05, 4.69) is 13.8 Å². The summed E-state index contributed by atoms with van der Waals surface area (Å²) in [5.74, 6) is 0.135. The number of nitrogens with one attached hydrogen (secondary N) is 1. The lowest BCUT2D eigenvalue weighted by atomic mass is 10.1. The van der Waals surface area contributed by atoms with Gasteiger partial charge in [0.2, 0.25) is 5.91 Å². The van der Waals surface area contributed by atoms with Crippen molar-refractivity contribution in [3.8, 4) is 0 Å². The molecule has 0 aliphatic carbocycles. The van der Waals surface area contributed by atoms with Gasteiger partial charge in [0.25, 0.3) is 0 Å². The van der Waals surface area contributed by atoms with Crippen LogP contribution in [0, 0.1) is 0 Å². The van der Waals surface area contributed by atoms with Crippen LogP contribution >= 0.6 is 19.8 Å². The Morgan fingerprint density at radius 3 is 2.44 bits per heavy atom. The van der Waals surface area contributed by atoms with Crippen molar-refractivity contribution >= 4 is 31.5 Å². The fraction of sp³-hybridized carbons (Fsp3) is 0.818. The predicted octanol–water partition coefficient (Wildman–Crippen LogP) is 3.05. The van der Waals surface area contributed by atoms with E-state index < -0.39 is 0 Å². The summed E-state index contributed by atoms with van der Waals surface area (Å²) in [5, 5.41) is 2.63. The van der Waals surface area contributed by atoms with Crippen molar-refractivity contribution in [1.82, 2.24) is 5.32 Å². The van der Waals surface area contributed by atoms with Gasteiger partial charge in [-0.25, -0.2) is 0 Å². The largest absolute Gasteiger partial charge is 0.356 e. The first-order valence-corrected chi connectivity index (χ1v) is 7.56. The highest BCUT2D eigenvalue weighted by atomic mass is 32.7. The summed E-state index contributed by atoms with van der Waals surface area (Å²) in [5.41, 5.74) is 0. The van der Waals surface area contributed by atoms with Crippen molar-refractivity contribution in [3.05, 3.63) is 0 Å². The summed E-state index contributed by atoms with van der Waals surface area (Å²) in [6.45, 7) is 2.35. The quantitative estimate of drug-likeness (QED) is 0.595. The number of ketones is 1. The highest BCUT2D eigenvalue weighted by Gasteiger charge is 1.99. The van der Waals surface area contributed by atoms with Crippen molar-refractivity contribution in [2.75, 3.05) is 12.8 Å². The Balaban J connectivity index is -0.000000440. The van der Waals surface area contributed by atoms with E-state index in [9.17, 15) is 9.59 Å². The smallest absolute Gasteiger partial charge is 0.216 e. The summed E-state index contributed by atoms with van der Waals surface area (Å²) in [6.07, 6.45) is 4.38. The molecular formula is C11H26NO2PS. The summed E-state index contributed by atoms with van der Waals surface area (Å²) in [7, 11) is 2.50.